The molecule has 1 saturated heterocycles. The zero-order chi connectivity index (χ0) is 42.6. The van der Waals surface area contributed by atoms with Gasteiger partial charge in [0.1, 0.15) is 27.4 Å². The summed E-state index contributed by atoms with van der Waals surface area (Å²) < 4.78 is 10.4. The Morgan fingerprint density at radius 2 is 1.17 bits per heavy atom. The fourth-order valence-electron chi connectivity index (χ4n) is 6.40. The summed E-state index contributed by atoms with van der Waals surface area (Å²) in [6.07, 6.45) is 0.680. The standard InChI is InChI=1S/C25H24N2O5S.C21H17NO4S/c1-2-32-25(31)21-20(17-8-4-3-5-9-17)15-33-23(21)26-22(28)18-10-6-7-16(11-18)12-27-13-19(14-27)24(29)30;1-2-26-21(25)18-17(15-8-4-3-5-9-15)13-27-20(18)22-19(24)16-10-6-7-14(11-16)12-23/h3-11,15,19H,2,12-14H2,1H3,(H,26,28)(H,29,30);3-13H,2H2,1H3,(H,22,24). The van der Waals surface area contributed by atoms with Crippen LogP contribution in [0.1, 0.15) is 71.2 Å². The lowest BCUT2D eigenvalue weighted by Crippen LogP contribution is -2.49. The summed E-state index contributed by atoms with van der Waals surface area (Å²) in [5.74, 6) is -2.79. The molecular weight excluding hydrogens is 803 g/mol. The van der Waals surface area contributed by atoms with Gasteiger partial charge in [0.15, 0.2) is 0 Å². The third kappa shape index (κ3) is 10.5. The molecule has 0 unspecified atom stereocenters. The molecule has 0 atom stereocenters. The molecule has 1 aliphatic rings. The molecule has 0 spiro atoms. The van der Waals surface area contributed by atoms with Crippen molar-refractivity contribution in [2.24, 2.45) is 5.92 Å². The molecule has 60 heavy (non-hydrogen) atoms. The molecule has 2 amide bonds. The van der Waals surface area contributed by atoms with Gasteiger partial charge < -0.3 is 25.2 Å². The van der Waals surface area contributed by atoms with Crippen LogP contribution < -0.4 is 10.6 Å². The lowest BCUT2D eigenvalue weighted by atomic mass is 9.99. The predicted octanol–water partition coefficient (Wildman–Crippen LogP) is 9.02. The summed E-state index contributed by atoms with van der Waals surface area (Å²) in [6.45, 7) is 5.53. The summed E-state index contributed by atoms with van der Waals surface area (Å²) in [5, 5.41) is 19.2. The van der Waals surface area contributed by atoms with E-state index < -0.39 is 23.8 Å². The first-order valence-electron chi connectivity index (χ1n) is 19.0. The Labute approximate surface area is 354 Å². The summed E-state index contributed by atoms with van der Waals surface area (Å²) in [7, 11) is 0. The van der Waals surface area contributed by atoms with Gasteiger partial charge in [-0.1, -0.05) is 84.9 Å². The lowest BCUT2D eigenvalue weighted by Gasteiger charge is -2.36. The number of hydrogen-bond donors (Lipinski definition) is 3. The monoisotopic (exact) mass is 843 g/mol. The molecule has 6 aromatic rings. The number of carboxylic acids is 1. The molecule has 3 N–H and O–H groups in total. The third-order valence-electron chi connectivity index (χ3n) is 9.35. The molecule has 3 heterocycles. The number of anilines is 2. The van der Waals surface area contributed by atoms with Crippen LogP contribution in [0.3, 0.4) is 0 Å². The van der Waals surface area contributed by atoms with Gasteiger partial charge in [-0.3, -0.25) is 24.1 Å². The van der Waals surface area contributed by atoms with Crippen molar-refractivity contribution >= 4 is 68.7 Å². The maximum absolute atomic E-state index is 13.0. The SMILES string of the molecule is CCOC(=O)c1c(-c2ccccc2)csc1NC(=O)c1cccc(C=O)c1.CCOC(=O)c1c(-c2ccccc2)csc1NC(=O)c1cccc(CN2CC(C(=O)O)C2)c1. The second kappa shape index (κ2) is 20.3. The molecule has 2 aromatic heterocycles. The fourth-order valence-corrected chi connectivity index (χ4v) is 8.30. The Morgan fingerprint density at radius 1 is 0.683 bits per heavy atom. The van der Waals surface area contributed by atoms with Crippen molar-refractivity contribution < 1.29 is 43.3 Å². The highest BCUT2D eigenvalue weighted by molar-refractivity contribution is 7.15. The highest BCUT2D eigenvalue weighted by Crippen LogP contribution is 2.38. The summed E-state index contributed by atoms with van der Waals surface area (Å²) in [5.41, 5.74) is 5.96. The molecule has 12 nitrogen and oxygen atoms in total. The number of carbonyl (C=O) groups is 6. The molecule has 4 aromatic carbocycles. The van der Waals surface area contributed by atoms with Gasteiger partial charge in [0.05, 0.1) is 19.1 Å². The number of carbonyl (C=O) groups excluding carboxylic acids is 5. The van der Waals surface area contributed by atoms with E-state index in [1.165, 1.54) is 28.7 Å². The number of likely N-dealkylation sites (tertiary alicyclic amines) is 1. The Balaban J connectivity index is 0.000000205. The average Bonchev–Trinajstić information content (AvgIpc) is 3.87. The van der Waals surface area contributed by atoms with Crippen LogP contribution in [0, 0.1) is 5.92 Å². The molecule has 1 aliphatic heterocycles. The normalized spacial score (nSPS) is 12.2. The van der Waals surface area contributed by atoms with E-state index in [4.69, 9.17) is 14.6 Å². The highest BCUT2D eigenvalue weighted by atomic mass is 32.1. The Kier molecular flexibility index (Phi) is 14.5. The number of esters is 2. The fraction of sp³-hybridized carbons (Fsp3) is 0.174. The molecule has 0 saturated carbocycles. The molecule has 306 valence electrons. The van der Waals surface area contributed by atoms with Gasteiger partial charge in [-0.15, -0.1) is 22.7 Å². The van der Waals surface area contributed by atoms with Crippen LogP contribution in [0.4, 0.5) is 10.0 Å². The van der Waals surface area contributed by atoms with Gasteiger partial charge in [-0.25, -0.2) is 9.59 Å². The number of hydrogen-bond acceptors (Lipinski definition) is 11. The molecule has 0 radical (unpaired) electrons. The second-order valence-electron chi connectivity index (χ2n) is 13.5. The van der Waals surface area contributed by atoms with E-state index in [1.807, 2.05) is 82.4 Å². The zero-order valence-electron chi connectivity index (χ0n) is 32.7. The number of amides is 2. The van der Waals surface area contributed by atoms with Crippen molar-refractivity contribution in [2.45, 2.75) is 20.4 Å². The lowest BCUT2D eigenvalue weighted by molar-refractivity contribution is -0.147. The Hall–Kier alpha value is -6.74. The molecule has 14 heteroatoms. The molecule has 0 bridgehead atoms. The molecular formula is C46H41N3O9S2. The Bertz CT molecular complexity index is 2490. The van der Waals surface area contributed by atoms with Crippen LogP contribution in [0.15, 0.2) is 120 Å². The van der Waals surface area contributed by atoms with Gasteiger partial charge in [0, 0.05) is 58.2 Å². The van der Waals surface area contributed by atoms with Gasteiger partial charge >= 0.3 is 17.9 Å². The first-order valence-corrected chi connectivity index (χ1v) is 20.8. The molecule has 7 rings (SSSR count). The number of carboxylic acid groups (broad SMARTS) is 1. The number of nitrogens with one attached hydrogen (secondary N) is 2. The van der Waals surface area contributed by atoms with Gasteiger partial charge in [-0.05, 0) is 54.8 Å². The molecule has 1 fully saturated rings. The number of ether oxygens (including phenoxy) is 2. The minimum absolute atomic E-state index is 0.234. The summed E-state index contributed by atoms with van der Waals surface area (Å²) in [6, 6.07) is 32.5. The highest BCUT2D eigenvalue weighted by Gasteiger charge is 2.32. The van der Waals surface area contributed by atoms with Crippen LogP contribution >= 0.6 is 22.7 Å². The van der Waals surface area contributed by atoms with Gasteiger partial charge in [0.2, 0.25) is 0 Å². The predicted molar refractivity (Wildman–Crippen MR) is 232 cm³/mol. The molecule has 0 aliphatic carbocycles. The maximum Gasteiger partial charge on any atom is 0.341 e. The van der Waals surface area contributed by atoms with Crippen molar-refractivity contribution in [3.8, 4) is 22.3 Å². The second-order valence-corrected chi connectivity index (χ2v) is 15.2. The minimum atomic E-state index is -0.775. The van der Waals surface area contributed by atoms with E-state index in [-0.39, 0.29) is 25.0 Å². The number of aldehydes is 1. The average molecular weight is 844 g/mol. The summed E-state index contributed by atoms with van der Waals surface area (Å²) in [4.78, 5) is 74.8. The van der Waals surface area contributed by atoms with Crippen molar-refractivity contribution in [1.82, 2.24) is 4.90 Å². The first kappa shape index (κ1) is 42.9. The third-order valence-corrected chi connectivity index (χ3v) is 11.1. The van der Waals surface area contributed by atoms with Crippen LogP contribution in [0.5, 0.6) is 0 Å². The van der Waals surface area contributed by atoms with Crippen LogP contribution in [0.25, 0.3) is 22.3 Å². The van der Waals surface area contributed by atoms with E-state index >= 15 is 0 Å². The Morgan fingerprint density at radius 3 is 1.63 bits per heavy atom. The van der Waals surface area contributed by atoms with Gasteiger partial charge in [-0.2, -0.15) is 0 Å². The number of benzene rings is 4. The number of aliphatic carboxylic acids is 1. The van der Waals surface area contributed by atoms with Crippen molar-refractivity contribution in [1.29, 1.82) is 0 Å². The van der Waals surface area contributed by atoms with E-state index in [0.717, 1.165) is 16.7 Å². The smallest absolute Gasteiger partial charge is 0.341 e. The van der Waals surface area contributed by atoms with E-state index in [1.54, 1.807) is 50.2 Å². The largest absolute Gasteiger partial charge is 0.481 e. The minimum Gasteiger partial charge on any atom is -0.481 e. The van der Waals surface area contributed by atoms with Crippen molar-refractivity contribution in [3.63, 3.8) is 0 Å². The first-order chi connectivity index (χ1) is 29.1. The number of nitrogens with zero attached hydrogens (tertiary/aromatic N) is 1. The topological polar surface area (TPSA) is 168 Å². The van der Waals surface area contributed by atoms with Crippen LogP contribution in [-0.4, -0.2) is 72.3 Å². The number of thiophene rings is 2. The van der Waals surface area contributed by atoms with Crippen LogP contribution in [-0.2, 0) is 20.8 Å². The zero-order valence-corrected chi connectivity index (χ0v) is 34.3. The van der Waals surface area contributed by atoms with Crippen molar-refractivity contribution in [2.75, 3.05) is 36.9 Å². The summed E-state index contributed by atoms with van der Waals surface area (Å²) >= 11 is 2.54. The van der Waals surface area contributed by atoms with E-state index in [2.05, 4.69) is 10.6 Å². The van der Waals surface area contributed by atoms with Gasteiger partial charge in [0.25, 0.3) is 11.8 Å². The van der Waals surface area contributed by atoms with E-state index in [9.17, 15) is 28.8 Å². The van der Waals surface area contributed by atoms with Crippen LogP contribution in [0.2, 0.25) is 0 Å². The quantitative estimate of drug-likeness (QED) is 0.0711. The maximum atomic E-state index is 13.0. The number of rotatable bonds is 14. The van der Waals surface area contributed by atoms with E-state index in [0.29, 0.717) is 74.9 Å². The van der Waals surface area contributed by atoms with Crippen molar-refractivity contribution in [3.05, 3.63) is 153 Å².